The van der Waals surface area contributed by atoms with E-state index in [2.05, 4.69) is 22.1 Å². The SMILES string of the molecule is CC(CNc1ccc(Cl)c(C(=O)O)n1)CN1CCCC1. The fraction of sp³-hybridized carbons (Fsp3) is 0.571. The number of hydrogen-bond acceptors (Lipinski definition) is 4. The van der Waals surface area contributed by atoms with E-state index in [1.165, 1.54) is 25.9 Å². The van der Waals surface area contributed by atoms with Crippen LogP contribution < -0.4 is 5.32 Å². The van der Waals surface area contributed by atoms with E-state index < -0.39 is 5.97 Å². The van der Waals surface area contributed by atoms with Crippen molar-refractivity contribution in [3.8, 4) is 0 Å². The van der Waals surface area contributed by atoms with Crippen LogP contribution in [0.3, 0.4) is 0 Å². The van der Waals surface area contributed by atoms with Gasteiger partial charge in [-0.05, 0) is 44.0 Å². The van der Waals surface area contributed by atoms with Crippen LogP contribution in [0.2, 0.25) is 5.02 Å². The van der Waals surface area contributed by atoms with E-state index >= 15 is 0 Å². The van der Waals surface area contributed by atoms with Crippen LogP contribution in [0.25, 0.3) is 0 Å². The summed E-state index contributed by atoms with van der Waals surface area (Å²) in [6.45, 7) is 6.38. The molecule has 1 aliphatic rings. The highest BCUT2D eigenvalue weighted by Crippen LogP contribution is 2.17. The van der Waals surface area contributed by atoms with E-state index in [0.29, 0.717) is 11.7 Å². The molecule has 1 fully saturated rings. The highest BCUT2D eigenvalue weighted by molar-refractivity contribution is 6.33. The van der Waals surface area contributed by atoms with Gasteiger partial charge in [0.15, 0.2) is 5.69 Å². The van der Waals surface area contributed by atoms with E-state index in [0.717, 1.165) is 13.1 Å². The second-order valence-electron chi connectivity index (χ2n) is 5.33. The molecule has 2 N–H and O–H groups in total. The molecule has 6 heteroatoms. The summed E-state index contributed by atoms with van der Waals surface area (Å²) in [5, 5.41) is 12.3. The number of carboxylic acids is 1. The van der Waals surface area contributed by atoms with Crippen molar-refractivity contribution in [2.45, 2.75) is 19.8 Å². The van der Waals surface area contributed by atoms with Crippen molar-refractivity contribution in [3.05, 3.63) is 22.8 Å². The van der Waals surface area contributed by atoms with Crippen LogP contribution in [0, 0.1) is 5.92 Å². The third-order valence-electron chi connectivity index (χ3n) is 3.45. The molecule has 1 aromatic heterocycles. The van der Waals surface area contributed by atoms with Crippen molar-refractivity contribution in [2.75, 3.05) is 31.5 Å². The molecule has 1 aromatic rings. The smallest absolute Gasteiger partial charge is 0.356 e. The molecule has 0 amide bonds. The first-order valence-electron chi connectivity index (χ1n) is 6.92. The Kier molecular flexibility index (Phi) is 5.20. The van der Waals surface area contributed by atoms with Crippen molar-refractivity contribution in [1.29, 1.82) is 0 Å². The minimum Gasteiger partial charge on any atom is -0.476 e. The predicted molar refractivity (Wildman–Crippen MR) is 79.5 cm³/mol. The van der Waals surface area contributed by atoms with Crippen LogP contribution in [0.1, 0.15) is 30.3 Å². The predicted octanol–water partition coefficient (Wildman–Crippen LogP) is 2.58. The first kappa shape index (κ1) is 15.1. The van der Waals surface area contributed by atoms with Gasteiger partial charge in [0.25, 0.3) is 0 Å². The van der Waals surface area contributed by atoms with E-state index in [1.54, 1.807) is 12.1 Å². The zero-order valence-electron chi connectivity index (χ0n) is 11.6. The van der Waals surface area contributed by atoms with Crippen LogP contribution in [0.5, 0.6) is 0 Å². The Morgan fingerprint density at radius 1 is 1.50 bits per heavy atom. The fourth-order valence-electron chi connectivity index (χ4n) is 2.44. The molecule has 2 heterocycles. The lowest BCUT2D eigenvalue weighted by Crippen LogP contribution is -2.29. The number of halogens is 1. The number of anilines is 1. The summed E-state index contributed by atoms with van der Waals surface area (Å²) in [6.07, 6.45) is 2.59. The number of aromatic nitrogens is 1. The van der Waals surface area contributed by atoms with E-state index in [-0.39, 0.29) is 10.7 Å². The lowest BCUT2D eigenvalue weighted by Gasteiger charge is -2.20. The van der Waals surface area contributed by atoms with Crippen molar-refractivity contribution in [2.24, 2.45) is 5.92 Å². The van der Waals surface area contributed by atoms with Crippen LogP contribution in [-0.4, -0.2) is 47.1 Å². The molecule has 1 atom stereocenters. The molecule has 0 radical (unpaired) electrons. The van der Waals surface area contributed by atoms with Crippen LogP contribution in [0.4, 0.5) is 5.82 Å². The molecule has 110 valence electrons. The van der Waals surface area contributed by atoms with Gasteiger partial charge in [-0.25, -0.2) is 9.78 Å². The average Bonchev–Trinajstić information content (AvgIpc) is 2.90. The number of aromatic carboxylic acids is 1. The molecule has 20 heavy (non-hydrogen) atoms. The van der Waals surface area contributed by atoms with Gasteiger partial charge in [0, 0.05) is 13.1 Å². The van der Waals surface area contributed by atoms with Gasteiger partial charge >= 0.3 is 5.97 Å². The Labute approximate surface area is 123 Å². The summed E-state index contributed by atoms with van der Waals surface area (Å²) in [5.74, 6) is -0.0670. The van der Waals surface area contributed by atoms with E-state index in [1.807, 2.05) is 0 Å². The molecular formula is C14H20ClN3O2. The number of carbonyl (C=O) groups is 1. The van der Waals surface area contributed by atoms with Gasteiger partial charge in [-0.2, -0.15) is 0 Å². The molecule has 1 saturated heterocycles. The molecular weight excluding hydrogens is 278 g/mol. The van der Waals surface area contributed by atoms with E-state index in [4.69, 9.17) is 16.7 Å². The van der Waals surface area contributed by atoms with Gasteiger partial charge in [0.05, 0.1) is 5.02 Å². The fourth-order valence-corrected chi connectivity index (χ4v) is 2.63. The van der Waals surface area contributed by atoms with Gasteiger partial charge in [-0.15, -0.1) is 0 Å². The lowest BCUT2D eigenvalue weighted by molar-refractivity contribution is 0.0691. The standard InChI is InChI=1S/C14H20ClN3O2/c1-10(9-18-6-2-3-7-18)8-16-12-5-4-11(15)13(17-12)14(19)20/h4-5,10H,2-3,6-9H2,1H3,(H,16,17)(H,19,20). The number of likely N-dealkylation sites (tertiary alicyclic amines) is 1. The van der Waals surface area contributed by atoms with Gasteiger partial charge in [0.1, 0.15) is 5.82 Å². The van der Waals surface area contributed by atoms with Crippen LogP contribution in [-0.2, 0) is 0 Å². The zero-order valence-corrected chi connectivity index (χ0v) is 12.4. The number of hydrogen-bond donors (Lipinski definition) is 2. The molecule has 2 rings (SSSR count). The Hall–Kier alpha value is -1.33. The zero-order chi connectivity index (χ0) is 14.5. The largest absolute Gasteiger partial charge is 0.476 e. The van der Waals surface area contributed by atoms with Crippen molar-refractivity contribution in [3.63, 3.8) is 0 Å². The summed E-state index contributed by atoms with van der Waals surface area (Å²) in [4.78, 5) is 17.4. The second-order valence-corrected chi connectivity index (χ2v) is 5.73. The summed E-state index contributed by atoms with van der Waals surface area (Å²) < 4.78 is 0. The Balaban J connectivity index is 1.86. The van der Waals surface area contributed by atoms with Gasteiger partial charge in [-0.3, -0.25) is 0 Å². The Morgan fingerprint density at radius 3 is 2.85 bits per heavy atom. The number of nitrogens with zero attached hydrogens (tertiary/aromatic N) is 2. The first-order valence-corrected chi connectivity index (χ1v) is 7.30. The van der Waals surface area contributed by atoms with Crippen LogP contribution in [0.15, 0.2) is 12.1 Å². The van der Waals surface area contributed by atoms with Crippen molar-refractivity contribution >= 4 is 23.4 Å². The van der Waals surface area contributed by atoms with Gasteiger partial charge in [-0.1, -0.05) is 18.5 Å². The quantitative estimate of drug-likeness (QED) is 0.845. The summed E-state index contributed by atoms with van der Waals surface area (Å²) in [5.41, 5.74) is -0.108. The third-order valence-corrected chi connectivity index (χ3v) is 3.75. The third kappa shape index (κ3) is 4.08. The lowest BCUT2D eigenvalue weighted by atomic mass is 10.1. The molecule has 0 spiro atoms. The van der Waals surface area contributed by atoms with Gasteiger partial charge in [0.2, 0.25) is 0 Å². The number of rotatable bonds is 6. The maximum atomic E-state index is 11.0. The maximum absolute atomic E-state index is 11.0. The summed E-state index contributed by atoms with van der Waals surface area (Å²) in [7, 11) is 0. The minimum absolute atomic E-state index is 0.108. The summed E-state index contributed by atoms with van der Waals surface area (Å²) in [6, 6.07) is 3.27. The molecule has 0 aliphatic carbocycles. The number of nitrogens with one attached hydrogen (secondary N) is 1. The monoisotopic (exact) mass is 297 g/mol. The maximum Gasteiger partial charge on any atom is 0.356 e. The first-order chi connectivity index (χ1) is 9.56. The van der Waals surface area contributed by atoms with Crippen molar-refractivity contribution < 1.29 is 9.90 Å². The molecule has 0 bridgehead atoms. The normalized spacial score (nSPS) is 17.1. The average molecular weight is 298 g/mol. The molecule has 1 aliphatic heterocycles. The Bertz CT molecular complexity index is 475. The Morgan fingerprint density at radius 2 is 2.20 bits per heavy atom. The second kappa shape index (κ2) is 6.90. The molecule has 0 aromatic carbocycles. The molecule has 0 saturated carbocycles. The highest BCUT2D eigenvalue weighted by atomic mass is 35.5. The molecule has 1 unspecified atom stereocenters. The highest BCUT2D eigenvalue weighted by Gasteiger charge is 2.15. The molecule has 5 nitrogen and oxygen atoms in total. The topological polar surface area (TPSA) is 65.5 Å². The number of pyridine rings is 1. The van der Waals surface area contributed by atoms with Crippen molar-refractivity contribution in [1.82, 2.24) is 9.88 Å². The minimum atomic E-state index is -1.11. The summed E-state index contributed by atoms with van der Waals surface area (Å²) >= 11 is 5.79. The van der Waals surface area contributed by atoms with E-state index in [9.17, 15) is 4.79 Å². The van der Waals surface area contributed by atoms with Crippen LogP contribution >= 0.6 is 11.6 Å². The van der Waals surface area contributed by atoms with Gasteiger partial charge < -0.3 is 15.3 Å². The number of carboxylic acid groups (broad SMARTS) is 1.